The van der Waals surface area contributed by atoms with Crippen LogP contribution in [0.1, 0.15) is 42.5 Å². The van der Waals surface area contributed by atoms with Crippen LogP contribution in [0, 0.1) is 0 Å². The molecule has 4 heterocycles. The number of carbonyl (C=O) groups excluding carboxylic acids is 2. The Labute approximate surface area is 194 Å². The molecule has 2 aromatic heterocycles. The standard InChI is InChI=1S/C25H23N3O6/c1-3-25(32)19-16(12-34-24(25)31)23(30)28-11-15-13(9-10-18(29)33-4-2)14-7-5-6-8-17(14)27-21(15)22(28)20(19)26/h5-10,32H,3-4,11-12,26H2,1-2H3/t25-/m0/s1. The van der Waals surface area contributed by atoms with Crippen LogP contribution in [0.5, 0.6) is 0 Å². The number of hydrogen-bond donors (Lipinski definition) is 2. The lowest BCUT2D eigenvalue weighted by Gasteiger charge is -2.33. The third kappa shape index (κ3) is 2.97. The number of nitrogen functional groups attached to an aromatic ring is 1. The first kappa shape index (κ1) is 21.8. The summed E-state index contributed by atoms with van der Waals surface area (Å²) in [5, 5.41) is 11.9. The maximum absolute atomic E-state index is 13.5. The van der Waals surface area contributed by atoms with E-state index in [0.717, 1.165) is 5.39 Å². The highest BCUT2D eigenvalue weighted by molar-refractivity contribution is 5.98. The Balaban J connectivity index is 1.81. The average molecular weight is 461 g/mol. The minimum absolute atomic E-state index is 0.00252. The fourth-order valence-electron chi connectivity index (χ4n) is 4.81. The van der Waals surface area contributed by atoms with Crippen molar-refractivity contribution in [3.8, 4) is 11.4 Å². The number of anilines is 1. The summed E-state index contributed by atoms with van der Waals surface area (Å²) < 4.78 is 11.6. The van der Waals surface area contributed by atoms with E-state index in [-0.39, 0.29) is 43.0 Å². The van der Waals surface area contributed by atoms with E-state index in [1.54, 1.807) is 19.9 Å². The van der Waals surface area contributed by atoms with E-state index >= 15 is 0 Å². The summed E-state index contributed by atoms with van der Waals surface area (Å²) in [4.78, 5) is 42.7. The molecular weight excluding hydrogens is 438 g/mol. The third-order valence-electron chi connectivity index (χ3n) is 6.46. The van der Waals surface area contributed by atoms with Crippen LogP contribution in [-0.2, 0) is 37.8 Å². The van der Waals surface area contributed by atoms with E-state index in [2.05, 4.69) is 0 Å². The molecule has 3 N–H and O–H groups in total. The molecule has 5 rings (SSSR count). The predicted octanol–water partition coefficient (Wildman–Crippen LogP) is 2.24. The summed E-state index contributed by atoms with van der Waals surface area (Å²) in [6.45, 7) is 3.51. The molecule has 0 fully saturated rings. The Bertz CT molecular complexity index is 1470. The quantitative estimate of drug-likeness (QED) is 0.349. The van der Waals surface area contributed by atoms with Gasteiger partial charge in [0, 0.05) is 22.6 Å². The number of fused-ring (bicyclic) bond motifs is 5. The Morgan fingerprint density at radius 2 is 2.06 bits per heavy atom. The van der Waals surface area contributed by atoms with Gasteiger partial charge in [0.15, 0.2) is 5.60 Å². The zero-order chi connectivity index (χ0) is 24.2. The van der Waals surface area contributed by atoms with Crippen molar-refractivity contribution in [3.05, 3.63) is 62.9 Å². The molecule has 0 saturated carbocycles. The van der Waals surface area contributed by atoms with Gasteiger partial charge in [0.1, 0.15) is 6.61 Å². The van der Waals surface area contributed by atoms with Crippen LogP contribution < -0.4 is 11.3 Å². The molecule has 0 aliphatic carbocycles. The van der Waals surface area contributed by atoms with Gasteiger partial charge in [0.2, 0.25) is 0 Å². The molecule has 0 saturated heterocycles. The number of para-hydroxylation sites is 1. The smallest absolute Gasteiger partial charge is 0.343 e. The first-order valence-corrected chi connectivity index (χ1v) is 11.0. The van der Waals surface area contributed by atoms with E-state index in [9.17, 15) is 19.5 Å². The molecule has 0 spiro atoms. The molecule has 0 radical (unpaired) electrons. The van der Waals surface area contributed by atoms with Crippen LogP contribution in [0.4, 0.5) is 5.69 Å². The van der Waals surface area contributed by atoms with Gasteiger partial charge in [0.25, 0.3) is 5.56 Å². The lowest BCUT2D eigenvalue weighted by atomic mass is 9.84. The molecule has 0 unspecified atom stereocenters. The summed E-state index contributed by atoms with van der Waals surface area (Å²) in [5.41, 5.74) is 7.39. The van der Waals surface area contributed by atoms with Gasteiger partial charge in [-0.2, -0.15) is 0 Å². The monoisotopic (exact) mass is 461 g/mol. The molecule has 2 aliphatic rings. The molecule has 2 aliphatic heterocycles. The number of rotatable bonds is 4. The highest BCUT2D eigenvalue weighted by Gasteiger charge is 2.47. The Morgan fingerprint density at radius 1 is 1.29 bits per heavy atom. The maximum atomic E-state index is 13.5. The molecule has 1 aromatic carbocycles. The Kier molecular flexibility index (Phi) is 5.02. The number of nitrogens with zero attached hydrogens (tertiary/aromatic N) is 2. The van der Waals surface area contributed by atoms with Crippen molar-refractivity contribution in [2.45, 2.75) is 39.0 Å². The highest BCUT2D eigenvalue weighted by atomic mass is 16.6. The summed E-state index contributed by atoms with van der Waals surface area (Å²) in [5.74, 6) is -1.32. The normalized spacial score (nSPS) is 18.5. The van der Waals surface area contributed by atoms with Crippen LogP contribution in [0.3, 0.4) is 0 Å². The van der Waals surface area contributed by atoms with E-state index in [1.165, 1.54) is 10.6 Å². The number of ether oxygens (including phenoxy) is 2. The minimum Gasteiger partial charge on any atom is -0.463 e. The van der Waals surface area contributed by atoms with Gasteiger partial charge in [-0.1, -0.05) is 25.1 Å². The molecule has 174 valence electrons. The molecule has 9 nitrogen and oxygen atoms in total. The van der Waals surface area contributed by atoms with Crippen LogP contribution >= 0.6 is 0 Å². The molecule has 9 heteroatoms. The van der Waals surface area contributed by atoms with Gasteiger partial charge >= 0.3 is 11.9 Å². The van der Waals surface area contributed by atoms with E-state index in [0.29, 0.717) is 28.0 Å². The first-order valence-electron chi connectivity index (χ1n) is 11.0. The van der Waals surface area contributed by atoms with Crippen LogP contribution in [0.2, 0.25) is 0 Å². The SMILES string of the molecule is CCOC(=O)C=Cc1c2c(nc3ccccc13)-c1c(N)c3c(c(=O)n1C2)COC(=O)[C@]3(O)CC. The summed E-state index contributed by atoms with van der Waals surface area (Å²) in [6, 6.07) is 7.41. The zero-order valence-electron chi connectivity index (χ0n) is 18.8. The van der Waals surface area contributed by atoms with Crippen LogP contribution in [0.25, 0.3) is 28.4 Å². The second-order valence-corrected chi connectivity index (χ2v) is 8.25. The predicted molar refractivity (Wildman–Crippen MR) is 125 cm³/mol. The van der Waals surface area contributed by atoms with E-state index in [1.807, 2.05) is 24.3 Å². The Morgan fingerprint density at radius 3 is 2.79 bits per heavy atom. The number of aliphatic hydroxyl groups is 1. The second-order valence-electron chi connectivity index (χ2n) is 8.25. The number of carbonyl (C=O) groups is 2. The highest BCUT2D eigenvalue weighted by Crippen LogP contribution is 2.45. The summed E-state index contributed by atoms with van der Waals surface area (Å²) >= 11 is 0. The first-order chi connectivity index (χ1) is 16.3. The lowest BCUT2D eigenvalue weighted by molar-refractivity contribution is -0.172. The van der Waals surface area contributed by atoms with Crippen molar-refractivity contribution < 1.29 is 24.2 Å². The number of benzene rings is 1. The Hall–Kier alpha value is -3.98. The number of esters is 2. The molecular formula is C25H23N3O6. The molecule has 0 bridgehead atoms. The van der Waals surface area contributed by atoms with E-state index < -0.39 is 23.1 Å². The van der Waals surface area contributed by atoms with Gasteiger partial charge in [-0.05, 0) is 31.1 Å². The zero-order valence-corrected chi connectivity index (χ0v) is 18.8. The molecule has 34 heavy (non-hydrogen) atoms. The van der Waals surface area contributed by atoms with Crippen molar-refractivity contribution in [3.63, 3.8) is 0 Å². The maximum Gasteiger partial charge on any atom is 0.343 e. The van der Waals surface area contributed by atoms with Crippen LogP contribution in [-0.4, -0.2) is 33.2 Å². The number of nitrogens with two attached hydrogens (primary N) is 1. The average Bonchev–Trinajstić information content (AvgIpc) is 3.22. The fourth-order valence-corrected chi connectivity index (χ4v) is 4.81. The molecule has 1 atom stereocenters. The molecule has 0 amide bonds. The number of hydrogen-bond acceptors (Lipinski definition) is 8. The van der Waals surface area contributed by atoms with Crippen molar-refractivity contribution in [2.75, 3.05) is 12.3 Å². The number of cyclic esters (lactones) is 1. The number of aromatic nitrogens is 2. The molecule has 3 aromatic rings. The van der Waals surface area contributed by atoms with Crippen molar-refractivity contribution in [2.24, 2.45) is 0 Å². The van der Waals surface area contributed by atoms with Gasteiger partial charge in [-0.3, -0.25) is 4.79 Å². The third-order valence-corrected chi connectivity index (χ3v) is 6.46. The van der Waals surface area contributed by atoms with E-state index in [4.69, 9.17) is 20.2 Å². The van der Waals surface area contributed by atoms with Crippen LogP contribution in [0.15, 0.2) is 35.1 Å². The van der Waals surface area contributed by atoms with Crippen molar-refractivity contribution in [1.29, 1.82) is 0 Å². The second kappa shape index (κ2) is 7.81. The van der Waals surface area contributed by atoms with Gasteiger partial charge in [-0.25, -0.2) is 14.6 Å². The number of pyridine rings is 2. The lowest BCUT2D eigenvalue weighted by Crippen LogP contribution is -2.45. The van der Waals surface area contributed by atoms with Gasteiger partial charge < -0.3 is 24.9 Å². The van der Waals surface area contributed by atoms with Crippen molar-refractivity contribution >= 4 is 34.6 Å². The van der Waals surface area contributed by atoms with Gasteiger partial charge in [0.05, 0.1) is 41.3 Å². The van der Waals surface area contributed by atoms with Gasteiger partial charge in [-0.15, -0.1) is 0 Å². The summed E-state index contributed by atoms with van der Waals surface area (Å²) in [6.07, 6.45) is 2.99. The van der Waals surface area contributed by atoms with Crippen molar-refractivity contribution in [1.82, 2.24) is 9.55 Å². The fraction of sp³-hybridized carbons (Fsp3) is 0.280. The summed E-state index contributed by atoms with van der Waals surface area (Å²) in [7, 11) is 0. The largest absolute Gasteiger partial charge is 0.463 e. The minimum atomic E-state index is -2.02. The topological polar surface area (TPSA) is 134 Å².